The summed E-state index contributed by atoms with van der Waals surface area (Å²) in [6.45, 7) is 3.77. The Hall–Kier alpha value is -4.03. The fraction of sp³-hybridized carbons (Fsp3) is 0.353. The number of hydrogen-bond acceptors (Lipinski definition) is 9. The van der Waals surface area contributed by atoms with Crippen LogP contribution in [0.4, 0.5) is 17.1 Å². The Morgan fingerprint density at radius 2 is 1.90 bits per heavy atom. The minimum absolute atomic E-state index is 0.0846. The van der Waals surface area contributed by atoms with Crippen molar-refractivity contribution in [3.63, 3.8) is 0 Å². The molecule has 0 aliphatic carbocycles. The van der Waals surface area contributed by atoms with Gasteiger partial charge in [-0.05, 0) is 32.9 Å². The molecular weight excluding hydrogens is 402 g/mol. The Kier molecular flexibility index (Phi) is 7.01. The number of esters is 1. The largest absolute Gasteiger partial charge is 0.494 e. The normalized spacial score (nSPS) is 10.4. The maximum Gasteiger partial charge on any atom is 0.328 e. The van der Waals surface area contributed by atoms with Crippen molar-refractivity contribution < 1.29 is 28.9 Å². The predicted octanol–water partition coefficient (Wildman–Crippen LogP) is 1.90. The van der Waals surface area contributed by atoms with E-state index in [-0.39, 0.29) is 34.2 Å². The number of carbonyl (C=O) groups is 2. The van der Waals surface area contributed by atoms with Crippen LogP contribution in [-0.2, 0) is 20.9 Å². The van der Waals surface area contributed by atoms with E-state index < -0.39 is 34.9 Å². The molecule has 160 valence electrons. The van der Waals surface area contributed by atoms with Crippen molar-refractivity contribution in [1.29, 1.82) is 0 Å². The number of carbonyl (C=O) groups excluding carboxylic acids is 2. The highest BCUT2D eigenvalue weighted by Crippen LogP contribution is 2.29. The maximum atomic E-state index is 12.0. The number of amides is 1. The third-order valence-corrected chi connectivity index (χ3v) is 3.92. The van der Waals surface area contributed by atoms with Crippen molar-refractivity contribution in [3.05, 3.63) is 49.8 Å². The van der Waals surface area contributed by atoms with Crippen molar-refractivity contribution in [2.75, 3.05) is 18.5 Å². The summed E-state index contributed by atoms with van der Waals surface area (Å²) in [6.07, 6.45) is 0. The molecule has 0 saturated heterocycles. The summed E-state index contributed by atoms with van der Waals surface area (Å²) < 4.78 is 11.1. The molecule has 0 radical (unpaired) electrons. The monoisotopic (exact) mass is 421 g/mol. The molecular formula is C17H19N5O8. The van der Waals surface area contributed by atoms with Crippen LogP contribution < -0.4 is 10.1 Å². The molecule has 0 saturated carbocycles. The SMILES string of the molecule is CCOc1ccc(NC(=O)COC(=O)Cn2nc(C)c([N+](=O)[O-])c2C)c([N+](=O)[O-])c1. The summed E-state index contributed by atoms with van der Waals surface area (Å²) in [5, 5.41) is 28.4. The summed E-state index contributed by atoms with van der Waals surface area (Å²) in [6, 6.07) is 3.92. The summed E-state index contributed by atoms with van der Waals surface area (Å²) in [4.78, 5) is 44.9. The average molecular weight is 421 g/mol. The van der Waals surface area contributed by atoms with Crippen LogP contribution in [0.2, 0.25) is 0 Å². The van der Waals surface area contributed by atoms with E-state index in [9.17, 15) is 29.8 Å². The van der Waals surface area contributed by atoms with Gasteiger partial charge >= 0.3 is 11.7 Å². The number of hydrogen-bond donors (Lipinski definition) is 1. The molecule has 0 unspecified atom stereocenters. The quantitative estimate of drug-likeness (QED) is 0.361. The second kappa shape index (κ2) is 9.45. The van der Waals surface area contributed by atoms with E-state index in [4.69, 9.17) is 9.47 Å². The topological polar surface area (TPSA) is 169 Å². The molecule has 0 aliphatic rings. The predicted molar refractivity (Wildman–Crippen MR) is 102 cm³/mol. The highest BCUT2D eigenvalue weighted by molar-refractivity contribution is 5.95. The first kappa shape index (κ1) is 22.3. The molecule has 0 atom stereocenters. The lowest BCUT2D eigenvalue weighted by atomic mass is 10.2. The van der Waals surface area contributed by atoms with Crippen molar-refractivity contribution in [1.82, 2.24) is 9.78 Å². The van der Waals surface area contributed by atoms with Gasteiger partial charge in [0.15, 0.2) is 6.61 Å². The number of benzene rings is 1. The Bertz CT molecular complexity index is 1000. The van der Waals surface area contributed by atoms with Crippen LogP contribution in [0.5, 0.6) is 5.75 Å². The summed E-state index contributed by atoms with van der Waals surface area (Å²) in [5.74, 6) is -1.38. The molecule has 13 nitrogen and oxygen atoms in total. The molecule has 1 aromatic carbocycles. The van der Waals surface area contributed by atoms with Gasteiger partial charge in [0.25, 0.3) is 11.6 Å². The third-order valence-electron chi connectivity index (χ3n) is 3.92. The van der Waals surface area contributed by atoms with Crippen LogP contribution in [0.1, 0.15) is 18.3 Å². The molecule has 13 heteroatoms. The minimum atomic E-state index is -0.855. The van der Waals surface area contributed by atoms with Gasteiger partial charge in [-0.2, -0.15) is 5.10 Å². The third kappa shape index (κ3) is 5.27. The van der Waals surface area contributed by atoms with Gasteiger partial charge in [-0.15, -0.1) is 0 Å². The van der Waals surface area contributed by atoms with E-state index >= 15 is 0 Å². The first-order valence-electron chi connectivity index (χ1n) is 8.69. The zero-order valence-electron chi connectivity index (χ0n) is 16.4. The van der Waals surface area contributed by atoms with E-state index in [0.29, 0.717) is 6.61 Å². The minimum Gasteiger partial charge on any atom is -0.494 e. The number of ether oxygens (including phenoxy) is 2. The molecule has 0 bridgehead atoms. The zero-order chi connectivity index (χ0) is 22.4. The number of nitrogens with zero attached hydrogens (tertiary/aromatic N) is 4. The maximum absolute atomic E-state index is 12.0. The van der Waals surface area contributed by atoms with Gasteiger partial charge in [0, 0.05) is 0 Å². The molecule has 2 rings (SSSR count). The van der Waals surface area contributed by atoms with Gasteiger partial charge in [0.1, 0.15) is 29.4 Å². The van der Waals surface area contributed by atoms with Gasteiger partial charge in [0.05, 0.1) is 22.5 Å². The number of rotatable bonds is 9. The number of nitrogens with one attached hydrogen (secondary N) is 1. The number of aryl methyl sites for hydroxylation is 1. The summed E-state index contributed by atoms with van der Waals surface area (Å²) >= 11 is 0. The van der Waals surface area contributed by atoms with E-state index in [0.717, 1.165) is 4.68 Å². The fourth-order valence-electron chi connectivity index (χ4n) is 2.63. The number of nitro groups is 2. The second-order valence-electron chi connectivity index (χ2n) is 6.01. The van der Waals surface area contributed by atoms with Gasteiger partial charge in [-0.3, -0.25) is 34.5 Å². The first-order chi connectivity index (χ1) is 14.1. The molecule has 1 amide bonds. The average Bonchev–Trinajstić information content (AvgIpc) is 2.94. The van der Waals surface area contributed by atoms with E-state index in [1.165, 1.54) is 32.0 Å². The van der Waals surface area contributed by atoms with E-state index in [2.05, 4.69) is 10.4 Å². The second-order valence-corrected chi connectivity index (χ2v) is 6.01. The van der Waals surface area contributed by atoms with Crippen LogP contribution in [-0.4, -0.2) is 44.7 Å². The Morgan fingerprint density at radius 3 is 2.47 bits per heavy atom. The van der Waals surface area contributed by atoms with Crippen molar-refractivity contribution >= 4 is 28.9 Å². The molecule has 1 aromatic heterocycles. The number of anilines is 1. The van der Waals surface area contributed by atoms with Crippen LogP contribution in [0.3, 0.4) is 0 Å². The van der Waals surface area contributed by atoms with Gasteiger partial charge < -0.3 is 14.8 Å². The molecule has 1 N–H and O–H groups in total. The molecule has 1 heterocycles. The van der Waals surface area contributed by atoms with E-state index in [1.54, 1.807) is 6.92 Å². The lowest BCUT2D eigenvalue weighted by molar-refractivity contribution is -0.386. The molecule has 0 fully saturated rings. The molecule has 30 heavy (non-hydrogen) atoms. The number of aromatic nitrogens is 2. The standard InChI is InChI=1S/C17H19N5O8/c1-4-29-12-5-6-13(14(7-12)21(25)26)18-15(23)9-30-16(24)8-20-11(3)17(22(27)28)10(2)19-20/h5-7H,4,8-9H2,1-3H3,(H,18,23). The fourth-order valence-corrected chi connectivity index (χ4v) is 2.63. The van der Waals surface area contributed by atoms with Crippen molar-refractivity contribution in [2.45, 2.75) is 27.3 Å². The Balaban J connectivity index is 1.98. The highest BCUT2D eigenvalue weighted by Gasteiger charge is 2.23. The van der Waals surface area contributed by atoms with Gasteiger partial charge in [-0.25, -0.2) is 0 Å². The molecule has 0 aliphatic heterocycles. The van der Waals surface area contributed by atoms with Gasteiger partial charge in [-0.1, -0.05) is 0 Å². The first-order valence-corrected chi connectivity index (χ1v) is 8.69. The molecule has 0 spiro atoms. The lowest BCUT2D eigenvalue weighted by Crippen LogP contribution is -2.24. The van der Waals surface area contributed by atoms with Crippen LogP contribution in [0.25, 0.3) is 0 Å². The van der Waals surface area contributed by atoms with Crippen LogP contribution in [0.15, 0.2) is 18.2 Å². The van der Waals surface area contributed by atoms with Crippen molar-refractivity contribution in [2.24, 2.45) is 0 Å². The number of nitro benzene ring substituents is 1. The van der Waals surface area contributed by atoms with Crippen molar-refractivity contribution in [3.8, 4) is 5.75 Å². The summed E-state index contributed by atoms with van der Waals surface area (Å²) in [5.41, 5.74) is -0.354. The van der Waals surface area contributed by atoms with Gasteiger partial charge in [0.2, 0.25) is 0 Å². The van der Waals surface area contributed by atoms with Crippen LogP contribution in [0, 0.1) is 34.1 Å². The van der Waals surface area contributed by atoms with E-state index in [1.807, 2.05) is 0 Å². The lowest BCUT2D eigenvalue weighted by Gasteiger charge is -2.09. The Labute approximate surface area is 169 Å². The zero-order valence-corrected chi connectivity index (χ0v) is 16.4. The summed E-state index contributed by atoms with van der Waals surface area (Å²) in [7, 11) is 0. The smallest absolute Gasteiger partial charge is 0.328 e. The van der Waals surface area contributed by atoms with Crippen LogP contribution >= 0.6 is 0 Å². The molecule has 2 aromatic rings. The Morgan fingerprint density at radius 1 is 1.20 bits per heavy atom. The highest BCUT2D eigenvalue weighted by atomic mass is 16.6.